The summed E-state index contributed by atoms with van der Waals surface area (Å²) in [6, 6.07) is 4.26. The van der Waals surface area contributed by atoms with E-state index in [0.29, 0.717) is 12.6 Å². The topological polar surface area (TPSA) is 69.7 Å². The van der Waals surface area contributed by atoms with Crippen molar-refractivity contribution in [1.29, 1.82) is 0 Å². The molecule has 2 saturated heterocycles. The van der Waals surface area contributed by atoms with Crippen LogP contribution in [0.4, 0.5) is 4.79 Å². The van der Waals surface area contributed by atoms with Gasteiger partial charge in [-0.15, -0.1) is 11.3 Å². The van der Waals surface area contributed by atoms with Crippen molar-refractivity contribution in [2.45, 2.75) is 31.8 Å². The molecule has 2 aliphatic rings. The zero-order valence-corrected chi connectivity index (χ0v) is 15.2. The van der Waals surface area contributed by atoms with Gasteiger partial charge in [0, 0.05) is 24.0 Å². The first-order valence-electron chi connectivity index (χ1n) is 8.12. The summed E-state index contributed by atoms with van der Waals surface area (Å²) in [5, 5.41) is 4.71. The summed E-state index contributed by atoms with van der Waals surface area (Å²) < 4.78 is 0. The fourth-order valence-electron chi connectivity index (χ4n) is 3.23. The Hall–Kier alpha value is -1.38. The molecule has 1 aromatic rings. The molecule has 3 heterocycles. The highest BCUT2D eigenvalue weighted by Crippen LogP contribution is 2.35. The second-order valence-corrected chi connectivity index (χ2v) is 7.88. The fraction of sp³-hybridized carbons (Fsp3) is 0.562. The highest BCUT2D eigenvalue weighted by Gasteiger charge is 2.34. The quantitative estimate of drug-likeness (QED) is 0.834. The minimum Gasteiger partial charge on any atom is -0.353 e. The van der Waals surface area contributed by atoms with Crippen LogP contribution in [-0.2, 0) is 9.59 Å². The lowest BCUT2D eigenvalue weighted by molar-refractivity contribution is -0.127. The third-order valence-electron chi connectivity index (χ3n) is 4.52. The molecule has 0 saturated carbocycles. The first-order valence-corrected chi connectivity index (χ1v) is 9.98. The Kier molecular flexibility index (Phi) is 5.57. The zero-order chi connectivity index (χ0) is 17.1. The molecule has 0 bridgehead atoms. The van der Waals surface area contributed by atoms with Crippen LogP contribution in [0, 0.1) is 0 Å². The number of thiophene rings is 1. The molecule has 2 fully saturated rings. The van der Waals surface area contributed by atoms with E-state index in [0.717, 1.165) is 31.1 Å². The molecular weight excluding hydrogens is 346 g/mol. The molecule has 0 aromatic carbocycles. The Bertz CT molecular complexity index is 604. The maximum atomic E-state index is 12.4. The van der Waals surface area contributed by atoms with Crippen LogP contribution in [0.5, 0.6) is 0 Å². The van der Waals surface area contributed by atoms with Gasteiger partial charge in [0.05, 0.1) is 11.8 Å². The van der Waals surface area contributed by atoms with Gasteiger partial charge >= 0.3 is 0 Å². The van der Waals surface area contributed by atoms with E-state index < -0.39 is 0 Å². The number of rotatable bonds is 6. The number of hydrogen-bond acceptors (Lipinski definition) is 6. The maximum absolute atomic E-state index is 12.4. The number of nitrogens with one attached hydrogen (secondary N) is 1. The molecule has 130 valence electrons. The van der Waals surface area contributed by atoms with E-state index in [1.807, 2.05) is 13.0 Å². The number of carbonyl (C=O) groups excluding carboxylic acids is 3. The SMILES string of the molecule is CC(C(=O)NCCN1C(=O)CSC1=O)N1CCCC1c1cccs1. The molecule has 24 heavy (non-hydrogen) atoms. The monoisotopic (exact) mass is 367 g/mol. The van der Waals surface area contributed by atoms with Gasteiger partial charge in [0.1, 0.15) is 0 Å². The lowest BCUT2D eigenvalue weighted by Crippen LogP contribution is -2.46. The number of carbonyl (C=O) groups is 3. The molecular formula is C16H21N3O3S2. The Morgan fingerprint density at radius 3 is 2.96 bits per heavy atom. The Balaban J connectivity index is 1.51. The van der Waals surface area contributed by atoms with Gasteiger partial charge in [-0.3, -0.25) is 24.2 Å². The predicted octanol–water partition coefficient (Wildman–Crippen LogP) is 2.09. The lowest BCUT2D eigenvalue weighted by atomic mass is 10.1. The fourth-order valence-corrected chi connectivity index (χ4v) is 4.86. The molecule has 0 aliphatic carbocycles. The summed E-state index contributed by atoms with van der Waals surface area (Å²) in [7, 11) is 0. The standard InChI is InChI=1S/C16H21N3O3S2/c1-11(18-7-2-4-12(18)13-5-3-9-23-13)15(21)17-6-8-19-14(20)10-24-16(19)22/h3,5,9,11-12H,2,4,6-8,10H2,1H3,(H,17,21). The molecule has 2 atom stereocenters. The van der Waals surface area contributed by atoms with Crippen molar-refractivity contribution >= 4 is 40.2 Å². The molecule has 1 aromatic heterocycles. The predicted molar refractivity (Wildman–Crippen MR) is 95.0 cm³/mol. The number of hydrogen-bond donors (Lipinski definition) is 1. The van der Waals surface area contributed by atoms with Gasteiger partial charge in [-0.1, -0.05) is 17.8 Å². The average Bonchev–Trinajstić information content (AvgIpc) is 3.30. The van der Waals surface area contributed by atoms with E-state index in [-0.39, 0.29) is 35.4 Å². The van der Waals surface area contributed by atoms with E-state index in [9.17, 15) is 14.4 Å². The maximum Gasteiger partial charge on any atom is 0.288 e. The van der Waals surface area contributed by atoms with Crippen molar-refractivity contribution in [3.63, 3.8) is 0 Å². The first kappa shape index (κ1) is 17.4. The minimum absolute atomic E-state index is 0.0507. The van der Waals surface area contributed by atoms with Crippen molar-refractivity contribution in [2.24, 2.45) is 0 Å². The van der Waals surface area contributed by atoms with E-state index in [1.54, 1.807) is 11.3 Å². The van der Waals surface area contributed by atoms with Gasteiger partial charge in [-0.25, -0.2) is 0 Å². The molecule has 2 aliphatic heterocycles. The first-order chi connectivity index (χ1) is 11.6. The van der Waals surface area contributed by atoms with Crippen LogP contribution in [0.25, 0.3) is 0 Å². The van der Waals surface area contributed by atoms with Crippen molar-refractivity contribution in [1.82, 2.24) is 15.1 Å². The van der Waals surface area contributed by atoms with Crippen LogP contribution >= 0.6 is 23.1 Å². The van der Waals surface area contributed by atoms with Crippen LogP contribution in [0.3, 0.4) is 0 Å². The van der Waals surface area contributed by atoms with Crippen LogP contribution in [0.15, 0.2) is 17.5 Å². The van der Waals surface area contributed by atoms with E-state index >= 15 is 0 Å². The van der Waals surface area contributed by atoms with Gasteiger partial charge < -0.3 is 5.32 Å². The minimum atomic E-state index is -0.223. The number of nitrogens with zero attached hydrogens (tertiary/aromatic N) is 2. The highest BCUT2D eigenvalue weighted by atomic mass is 32.2. The lowest BCUT2D eigenvalue weighted by Gasteiger charge is -2.29. The zero-order valence-electron chi connectivity index (χ0n) is 13.6. The second kappa shape index (κ2) is 7.67. The summed E-state index contributed by atoms with van der Waals surface area (Å²) in [5.74, 6) is -0.0192. The van der Waals surface area contributed by atoms with Gasteiger partial charge in [0.25, 0.3) is 5.24 Å². The van der Waals surface area contributed by atoms with Gasteiger partial charge in [0.2, 0.25) is 11.8 Å². The summed E-state index contributed by atoms with van der Waals surface area (Å²) >= 11 is 2.75. The molecule has 6 nitrogen and oxygen atoms in total. The number of thioether (sulfide) groups is 1. The average molecular weight is 367 g/mol. The van der Waals surface area contributed by atoms with Crippen molar-refractivity contribution in [3.8, 4) is 0 Å². The van der Waals surface area contributed by atoms with Crippen LogP contribution in [0.1, 0.15) is 30.7 Å². The van der Waals surface area contributed by atoms with Crippen molar-refractivity contribution in [2.75, 3.05) is 25.4 Å². The number of imide groups is 1. The van der Waals surface area contributed by atoms with Crippen LogP contribution in [-0.4, -0.2) is 58.3 Å². The van der Waals surface area contributed by atoms with E-state index in [2.05, 4.69) is 21.7 Å². The molecule has 3 rings (SSSR count). The molecule has 1 N–H and O–H groups in total. The molecule has 0 radical (unpaired) electrons. The summed E-state index contributed by atoms with van der Waals surface area (Å²) in [6.45, 7) is 3.39. The summed E-state index contributed by atoms with van der Waals surface area (Å²) in [4.78, 5) is 40.3. The molecule has 3 amide bonds. The highest BCUT2D eigenvalue weighted by molar-refractivity contribution is 8.14. The van der Waals surface area contributed by atoms with E-state index in [4.69, 9.17) is 0 Å². The van der Waals surface area contributed by atoms with Crippen LogP contribution in [0.2, 0.25) is 0 Å². The molecule has 8 heteroatoms. The third-order valence-corrected chi connectivity index (χ3v) is 6.35. The summed E-state index contributed by atoms with van der Waals surface area (Å²) in [6.07, 6.45) is 2.17. The third kappa shape index (κ3) is 3.65. The van der Waals surface area contributed by atoms with Gasteiger partial charge in [-0.05, 0) is 37.8 Å². The largest absolute Gasteiger partial charge is 0.353 e. The smallest absolute Gasteiger partial charge is 0.288 e. The second-order valence-electron chi connectivity index (χ2n) is 5.98. The van der Waals surface area contributed by atoms with Gasteiger partial charge in [-0.2, -0.15) is 0 Å². The number of likely N-dealkylation sites (tertiary alicyclic amines) is 1. The summed E-state index contributed by atoms with van der Waals surface area (Å²) in [5.41, 5.74) is 0. The van der Waals surface area contributed by atoms with Crippen molar-refractivity contribution < 1.29 is 14.4 Å². The Labute approximate surface area is 149 Å². The molecule has 0 spiro atoms. The van der Waals surface area contributed by atoms with Gasteiger partial charge in [0.15, 0.2) is 0 Å². The normalized spacial score (nSPS) is 23.0. The Morgan fingerprint density at radius 1 is 1.46 bits per heavy atom. The van der Waals surface area contributed by atoms with Crippen molar-refractivity contribution in [3.05, 3.63) is 22.4 Å². The van der Waals surface area contributed by atoms with Crippen LogP contribution < -0.4 is 5.32 Å². The number of amides is 3. The van der Waals surface area contributed by atoms with E-state index in [1.165, 1.54) is 9.78 Å². The molecule has 2 unspecified atom stereocenters. The Morgan fingerprint density at radius 2 is 2.29 bits per heavy atom.